The molecule has 1 heterocycles. The summed E-state index contributed by atoms with van der Waals surface area (Å²) in [5, 5.41) is 4.46. The first kappa shape index (κ1) is 26.1. The van der Waals surface area contributed by atoms with Crippen molar-refractivity contribution in [3.63, 3.8) is 0 Å². The minimum absolute atomic E-state index is 0. The van der Waals surface area contributed by atoms with Crippen molar-refractivity contribution in [2.75, 3.05) is 19.4 Å². The maximum Gasteiger partial charge on any atom is 0.157 e. The molecule has 1 saturated heterocycles. The Kier molecular flexibility index (Phi) is 10.6. The second-order valence-electron chi connectivity index (χ2n) is 8.89. The van der Waals surface area contributed by atoms with E-state index in [9.17, 15) is 0 Å². The van der Waals surface area contributed by atoms with E-state index in [0.29, 0.717) is 5.92 Å². The fraction of sp³-hybridized carbons (Fsp3) is 0.379. The van der Waals surface area contributed by atoms with Gasteiger partial charge in [-0.05, 0) is 61.6 Å². The lowest BCUT2D eigenvalue weighted by Crippen LogP contribution is -3.00. The van der Waals surface area contributed by atoms with E-state index >= 15 is 0 Å². The third-order valence-corrected chi connectivity index (χ3v) is 11.1. The highest BCUT2D eigenvalue weighted by Gasteiger charge is 2.44. The topological polar surface area (TPSA) is 18.5 Å². The molecule has 33 heavy (non-hydrogen) atoms. The van der Waals surface area contributed by atoms with Gasteiger partial charge in [0.05, 0.1) is 19.4 Å². The van der Waals surface area contributed by atoms with Gasteiger partial charge in [0.2, 0.25) is 0 Å². The predicted molar refractivity (Wildman–Crippen MR) is 138 cm³/mol. The lowest BCUT2D eigenvalue weighted by molar-refractivity contribution is -0.0481. The fourth-order valence-corrected chi connectivity index (χ4v) is 9.36. The van der Waals surface area contributed by atoms with Gasteiger partial charge in [-0.3, -0.25) is 0 Å². The van der Waals surface area contributed by atoms with Gasteiger partial charge in [0, 0.05) is 0 Å². The van der Waals surface area contributed by atoms with Crippen molar-refractivity contribution in [2.24, 2.45) is 5.92 Å². The van der Waals surface area contributed by atoms with Crippen LogP contribution in [0.2, 0.25) is 0 Å². The highest BCUT2D eigenvalue weighted by molar-refractivity contribution is 7.95. The molecule has 0 radical (unpaired) electrons. The van der Waals surface area contributed by atoms with E-state index in [4.69, 9.17) is 9.47 Å². The van der Waals surface area contributed by atoms with E-state index in [-0.39, 0.29) is 23.3 Å². The van der Waals surface area contributed by atoms with Crippen molar-refractivity contribution in [2.45, 2.75) is 45.3 Å². The van der Waals surface area contributed by atoms with Crippen LogP contribution >= 0.6 is 7.26 Å². The molecule has 0 amide bonds. The summed E-state index contributed by atoms with van der Waals surface area (Å²) in [4.78, 5) is 0. The SMILES string of the molecule is CC(CCCCC1OCCO1)CC[P+](c1ccccc1)(c1ccccc1)c1ccccc1.[Br-]. The van der Waals surface area contributed by atoms with Gasteiger partial charge in [-0.1, -0.05) is 74.4 Å². The average molecular weight is 527 g/mol. The van der Waals surface area contributed by atoms with Crippen LogP contribution in [0.25, 0.3) is 0 Å². The molecule has 0 saturated carbocycles. The van der Waals surface area contributed by atoms with Crippen LogP contribution in [0.5, 0.6) is 0 Å². The lowest BCUT2D eigenvalue weighted by Gasteiger charge is -2.28. The molecule has 0 bridgehead atoms. The summed E-state index contributed by atoms with van der Waals surface area (Å²) in [6, 6.07) is 33.7. The zero-order chi connectivity index (χ0) is 22.1. The van der Waals surface area contributed by atoms with Crippen LogP contribution in [0.3, 0.4) is 0 Å². The first-order chi connectivity index (χ1) is 15.8. The van der Waals surface area contributed by atoms with Crippen molar-refractivity contribution in [3.8, 4) is 0 Å². The Morgan fingerprint density at radius 2 is 1.15 bits per heavy atom. The number of ether oxygens (including phenoxy) is 2. The molecule has 4 rings (SSSR count). The van der Waals surface area contributed by atoms with Crippen LogP contribution in [-0.4, -0.2) is 25.7 Å². The van der Waals surface area contributed by atoms with Crippen LogP contribution < -0.4 is 32.9 Å². The molecule has 3 aromatic carbocycles. The van der Waals surface area contributed by atoms with Gasteiger partial charge in [0.15, 0.2) is 6.29 Å². The zero-order valence-electron chi connectivity index (χ0n) is 19.6. The molecule has 0 aliphatic carbocycles. The second-order valence-corrected chi connectivity index (χ2v) is 12.5. The zero-order valence-corrected chi connectivity index (χ0v) is 22.1. The van der Waals surface area contributed by atoms with Gasteiger partial charge in [-0.25, -0.2) is 0 Å². The lowest BCUT2D eigenvalue weighted by atomic mass is 10.0. The molecular formula is C29H36BrO2P. The van der Waals surface area contributed by atoms with Gasteiger partial charge >= 0.3 is 0 Å². The number of unbranched alkanes of at least 4 members (excludes halogenated alkanes) is 1. The third kappa shape index (κ3) is 6.76. The van der Waals surface area contributed by atoms with E-state index in [0.717, 1.165) is 19.6 Å². The first-order valence-corrected chi connectivity index (χ1v) is 14.0. The summed E-state index contributed by atoms with van der Waals surface area (Å²) < 4.78 is 11.2. The molecule has 1 aliphatic rings. The molecule has 4 heteroatoms. The first-order valence-electron chi connectivity index (χ1n) is 12.1. The second kappa shape index (κ2) is 13.4. The van der Waals surface area contributed by atoms with E-state index in [2.05, 4.69) is 97.9 Å². The van der Waals surface area contributed by atoms with Gasteiger partial charge in [0.1, 0.15) is 23.2 Å². The van der Waals surface area contributed by atoms with E-state index in [1.807, 2.05) is 0 Å². The van der Waals surface area contributed by atoms with Crippen LogP contribution in [-0.2, 0) is 9.47 Å². The molecule has 1 unspecified atom stereocenters. The average Bonchev–Trinajstić information content (AvgIpc) is 3.38. The molecule has 1 fully saturated rings. The largest absolute Gasteiger partial charge is 1.00 e. The van der Waals surface area contributed by atoms with Crippen molar-refractivity contribution >= 4 is 23.2 Å². The summed E-state index contributed by atoms with van der Waals surface area (Å²) in [6.07, 6.45) is 7.22. The maximum absolute atomic E-state index is 5.58. The maximum atomic E-state index is 5.58. The minimum Gasteiger partial charge on any atom is -1.00 e. The van der Waals surface area contributed by atoms with Crippen molar-refractivity contribution in [1.29, 1.82) is 0 Å². The third-order valence-electron chi connectivity index (χ3n) is 6.63. The highest BCUT2D eigenvalue weighted by atomic mass is 79.9. The van der Waals surface area contributed by atoms with E-state index in [1.54, 1.807) is 0 Å². The Hall–Kier alpha value is -1.51. The van der Waals surface area contributed by atoms with Crippen LogP contribution in [0.4, 0.5) is 0 Å². The summed E-state index contributed by atoms with van der Waals surface area (Å²) in [5.74, 6) is 0.705. The molecule has 2 nitrogen and oxygen atoms in total. The molecule has 3 aromatic rings. The Morgan fingerprint density at radius 1 is 0.697 bits per heavy atom. The number of benzene rings is 3. The Balaban J connectivity index is 0.00000306. The number of hydrogen-bond donors (Lipinski definition) is 0. The van der Waals surface area contributed by atoms with E-state index in [1.165, 1.54) is 47.8 Å². The highest BCUT2D eigenvalue weighted by Crippen LogP contribution is 2.56. The minimum atomic E-state index is -1.70. The molecule has 0 aromatic heterocycles. The van der Waals surface area contributed by atoms with Crippen molar-refractivity contribution in [3.05, 3.63) is 91.0 Å². The number of hydrogen-bond acceptors (Lipinski definition) is 2. The van der Waals surface area contributed by atoms with Crippen molar-refractivity contribution < 1.29 is 26.5 Å². The van der Waals surface area contributed by atoms with Crippen LogP contribution in [0.15, 0.2) is 91.0 Å². The smallest absolute Gasteiger partial charge is 0.157 e. The number of halogens is 1. The van der Waals surface area contributed by atoms with Crippen LogP contribution in [0.1, 0.15) is 39.0 Å². The molecular weight excluding hydrogens is 491 g/mol. The van der Waals surface area contributed by atoms with Gasteiger partial charge in [-0.15, -0.1) is 0 Å². The normalized spacial score (nSPS) is 15.2. The van der Waals surface area contributed by atoms with Crippen molar-refractivity contribution in [1.82, 2.24) is 0 Å². The molecule has 0 N–H and O–H groups in total. The summed E-state index contributed by atoms with van der Waals surface area (Å²) in [6.45, 7) is 3.94. The van der Waals surface area contributed by atoms with Gasteiger partial charge < -0.3 is 26.5 Å². The van der Waals surface area contributed by atoms with Gasteiger partial charge in [0.25, 0.3) is 0 Å². The fourth-order valence-electron chi connectivity index (χ4n) is 4.82. The van der Waals surface area contributed by atoms with Gasteiger partial charge in [-0.2, -0.15) is 0 Å². The molecule has 1 atom stereocenters. The summed E-state index contributed by atoms with van der Waals surface area (Å²) >= 11 is 0. The van der Waals surface area contributed by atoms with Crippen LogP contribution in [0, 0.1) is 5.92 Å². The predicted octanol–water partition coefficient (Wildman–Crippen LogP) is 2.94. The Bertz CT molecular complexity index is 817. The molecule has 1 aliphatic heterocycles. The quantitative estimate of drug-likeness (QED) is 0.282. The Morgan fingerprint density at radius 3 is 1.61 bits per heavy atom. The molecule has 176 valence electrons. The summed E-state index contributed by atoms with van der Waals surface area (Å²) in [7, 11) is -1.70. The number of rotatable bonds is 11. The Labute approximate surface area is 210 Å². The monoisotopic (exact) mass is 526 g/mol. The standard InChI is InChI=1S/C29H36O2P.BrH/c1-25(13-11-12-20-29-30-22-23-31-29)21-24-32(26-14-5-2-6-15-26,27-16-7-3-8-17-27)28-18-9-4-10-19-28;/h2-10,14-19,25,29H,11-13,20-24H2,1H3;1H/q+1;/p-1. The molecule has 0 spiro atoms. The summed E-state index contributed by atoms with van der Waals surface area (Å²) in [5.41, 5.74) is 0. The van der Waals surface area contributed by atoms with E-state index < -0.39 is 7.26 Å².